The molecular formula is C21H31N7O. The third-order valence-corrected chi connectivity index (χ3v) is 5.75. The average Bonchev–Trinajstić information content (AvgIpc) is 3.44. The topological polar surface area (TPSA) is 73.0 Å². The third-order valence-electron chi connectivity index (χ3n) is 5.75. The van der Waals surface area contributed by atoms with Crippen LogP contribution in [0.25, 0.3) is 0 Å². The number of aliphatic imine (C=N–C) groups is 1. The molecule has 2 aliphatic heterocycles. The predicted octanol–water partition coefficient (Wildman–Crippen LogP) is 1.91. The smallest absolute Gasteiger partial charge is 0.225 e. The summed E-state index contributed by atoms with van der Waals surface area (Å²) in [7, 11) is 1.86. The van der Waals surface area contributed by atoms with E-state index in [-0.39, 0.29) is 6.04 Å². The van der Waals surface area contributed by atoms with E-state index >= 15 is 0 Å². The largest absolute Gasteiger partial charge is 0.465 e. The second-order valence-electron chi connectivity index (χ2n) is 7.66. The fraction of sp³-hybridized carbons (Fsp3) is 0.571. The van der Waals surface area contributed by atoms with Gasteiger partial charge in [-0.05, 0) is 51.1 Å². The summed E-state index contributed by atoms with van der Waals surface area (Å²) in [5, 5.41) is 3.60. The van der Waals surface area contributed by atoms with Gasteiger partial charge >= 0.3 is 0 Å². The molecule has 4 heterocycles. The van der Waals surface area contributed by atoms with Crippen molar-refractivity contribution in [2.24, 2.45) is 4.99 Å². The fourth-order valence-corrected chi connectivity index (χ4v) is 4.19. The molecule has 2 saturated heterocycles. The van der Waals surface area contributed by atoms with Crippen molar-refractivity contribution in [1.82, 2.24) is 25.1 Å². The van der Waals surface area contributed by atoms with Crippen molar-refractivity contribution in [2.75, 3.05) is 57.8 Å². The van der Waals surface area contributed by atoms with Crippen LogP contribution in [0.2, 0.25) is 0 Å². The second kappa shape index (κ2) is 9.26. The van der Waals surface area contributed by atoms with Gasteiger partial charge in [0.05, 0.1) is 6.04 Å². The number of nitrogens with one attached hydrogen (secondary N) is 1. The van der Waals surface area contributed by atoms with Gasteiger partial charge in [-0.2, -0.15) is 0 Å². The highest BCUT2D eigenvalue weighted by Gasteiger charge is 2.27. The van der Waals surface area contributed by atoms with Crippen LogP contribution in [0.15, 0.2) is 40.0 Å². The molecule has 0 spiro atoms. The molecule has 29 heavy (non-hydrogen) atoms. The van der Waals surface area contributed by atoms with Crippen LogP contribution in [-0.2, 0) is 0 Å². The Balaban J connectivity index is 1.36. The molecule has 2 aliphatic rings. The molecule has 0 amide bonds. The van der Waals surface area contributed by atoms with Crippen molar-refractivity contribution in [3.8, 4) is 0 Å². The van der Waals surface area contributed by atoms with Gasteiger partial charge in [0, 0.05) is 52.2 Å². The first-order valence-electron chi connectivity index (χ1n) is 10.5. The Morgan fingerprint density at radius 3 is 2.45 bits per heavy atom. The number of rotatable bonds is 5. The van der Waals surface area contributed by atoms with Crippen LogP contribution in [0.4, 0.5) is 5.95 Å². The van der Waals surface area contributed by atoms with E-state index in [0.29, 0.717) is 0 Å². The molecular weight excluding hydrogens is 366 g/mol. The zero-order chi connectivity index (χ0) is 20.1. The lowest BCUT2D eigenvalue weighted by molar-refractivity contribution is 0.212. The molecule has 2 aromatic heterocycles. The predicted molar refractivity (Wildman–Crippen MR) is 114 cm³/mol. The first kappa shape index (κ1) is 19.7. The number of nitrogens with zero attached hydrogens (tertiary/aromatic N) is 6. The number of likely N-dealkylation sites (tertiary alicyclic amines) is 1. The number of furan rings is 1. The van der Waals surface area contributed by atoms with Gasteiger partial charge in [0.15, 0.2) is 5.96 Å². The minimum absolute atomic E-state index is 0.238. The summed E-state index contributed by atoms with van der Waals surface area (Å²) in [6.07, 6.45) is 6.11. The van der Waals surface area contributed by atoms with Crippen molar-refractivity contribution in [2.45, 2.75) is 25.8 Å². The van der Waals surface area contributed by atoms with E-state index in [9.17, 15) is 0 Å². The van der Waals surface area contributed by atoms with Crippen LogP contribution in [0, 0.1) is 6.92 Å². The molecule has 8 heteroatoms. The lowest BCUT2D eigenvalue weighted by Crippen LogP contribution is -2.53. The van der Waals surface area contributed by atoms with Gasteiger partial charge in [-0.3, -0.25) is 9.89 Å². The van der Waals surface area contributed by atoms with Gasteiger partial charge in [-0.25, -0.2) is 9.97 Å². The number of hydrogen-bond donors (Lipinski definition) is 1. The van der Waals surface area contributed by atoms with Crippen LogP contribution < -0.4 is 10.2 Å². The molecule has 1 unspecified atom stereocenters. The standard InChI is InChI=1S/C21H31N7O/c1-17-6-7-19(29-17)18(26-10-3-4-11-26)16-25-20(22-2)27-12-14-28(15-13-27)21-23-8-5-9-24-21/h5-9,18H,3-4,10-16H2,1-2H3,(H,22,25). The van der Waals surface area contributed by atoms with E-state index in [1.165, 1.54) is 12.8 Å². The minimum atomic E-state index is 0.238. The normalized spacial score (nSPS) is 19.6. The number of guanidine groups is 1. The maximum absolute atomic E-state index is 5.98. The average molecular weight is 398 g/mol. The summed E-state index contributed by atoms with van der Waals surface area (Å²) in [4.78, 5) is 20.3. The molecule has 0 aromatic carbocycles. The Kier molecular flexibility index (Phi) is 6.29. The highest BCUT2D eigenvalue weighted by Crippen LogP contribution is 2.26. The summed E-state index contributed by atoms with van der Waals surface area (Å²) in [5.74, 6) is 3.76. The Labute approximate surface area is 172 Å². The lowest BCUT2D eigenvalue weighted by atomic mass is 10.2. The Bertz CT molecular complexity index is 792. The summed E-state index contributed by atoms with van der Waals surface area (Å²) in [6, 6.07) is 6.25. The van der Waals surface area contributed by atoms with Gasteiger partial charge in [-0.1, -0.05) is 0 Å². The van der Waals surface area contributed by atoms with Gasteiger partial charge in [-0.15, -0.1) is 0 Å². The SMILES string of the molecule is CN=C(NCC(c1ccc(C)o1)N1CCCC1)N1CCN(c2ncccn2)CC1. The molecule has 4 rings (SSSR count). The van der Waals surface area contributed by atoms with Gasteiger partial charge in [0.25, 0.3) is 0 Å². The van der Waals surface area contributed by atoms with E-state index in [4.69, 9.17) is 4.42 Å². The van der Waals surface area contributed by atoms with Crippen LogP contribution in [0.3, 0.4) is 0 Å². The maximum Gasteiger partial charge on any atom is 0.225 e. The molecule has 0 aliphatic carbocycles. The zero-order valence-corrected chi connectivity index (χ0v) is 17.4. The number of aryl methyl sites for hydroxylation is 1. The van der Waals surface area contributed by atoms with Crippen molar-refractivity contribution < 1.29 is 4.42 Å². The van der Waals surface area contributed by atoms with E-state index < -0.39 is 0 Å². The van der Waals surface area contributed by atoms with Crippen molar-refractivity contribution in [1.29, 1.82) is 0 Å². The van der Waals surface area contributed by atoms with Gasteiger partial charge in [0.1, 0.15) is 11.5 Å². The monoisotopic (exact) mass is 397 g/mol. The van der Waals surface area contributed by atoms with Crippen LogP contribution >= 0.6 is 0 Å². The Morgan fingerprint density at radius 1 is 1.10 bits per heavy atom. The lowest BCUT2D eigenvalue weighted by Gasteiger charge is -2.37. The number of aromatic nitrogens is 2. The maximum atomic E-state index is 5.98. The number of piperazine rings is 1. The Morgan fingerprint density at radius 2 is 1.83 bits per heavy atom. The second-order valence-corrected chi connectivity index (χ2v) is 7.66. The molecule has 0 bridgehead atoms. The first-order valence-corrected chi connectivity index (χ1v) is 10.5. The van der Waals surface area contributed by atoms with E-state index in [2.05, 4.69) is 47.1 Å². The molecule has 1 atom stereocenters. The molecule has 1 N–H and O–H groups in total. The van der Waals surface area contributed by atoms with Crippen molar-refractivity contribution in [3.63, 3.8) is 0 Å². The molecule has 2 fully saturated rings. The molecule has 8 nitrogen and oxygen atoms in total. The fourth-order valence-electron chi connectivity index (χ4n) is 4.19. The molecule has 0 saturated carbocycles. The van der Waals surface area contributed by atoms with E-state index in [1.54, 1.807) is 12.4 Å². The van der Waals surface area contributed by atoms with E-state index in [1.807, 2.05) is 20.0 Å². The molecule has 0 radical (unpaired) electrons. The summed E-state index contributed by atoms with van der Waals surface area (Å²) in [6.45, 7) is 8.61. The highest BCUT2D eigenvalue weighted by atomic mass is 16.3. The van der Waals surface area contributed by atoms with Crippen LogP contribution in [-0.4, -0.2) is 78.6 Å². The summed E-state index contributed by atoms with van der Waals surface area (Å²) >= 11 is 0. The van der Waals surface area contributed by atoms with Gasteiger partial charge < -0.3 is 19.5 Å². The summed E-state index contributed by atoms with van der Waals surface area (Å²) in [5.41, 5.74) is 0. The highest BCUT2D eigenvalue weighted by molar-refractivity contribution is 5.80. The van der Waals surface area contributed by atoms with Crippen molar-refractivity contribution >= 4 is 11.9 Å². The van der Waals surface area contributed by atoms with Gasteiger partial charge in [0.2, 0.25) is 5.95 Å². The number of hydrogen-bond acceptors (Lipinski definition) is 6. The quantitative estimate of drug-likeness (QED) is 0.610. The van der Waals surface area contributed by atoms with Crippen LogP contribution in [0.1, 0.15) is 30.4 Å². The first-order chi connectivity index (χ1) is 14.2. The minimum Gasteiger partial charge on any atom is -0.465 e. The van der Waals surface area contributed by atoms with Crippen molar-refractivity contribution in [3.05, 3.63) is 42.1 Å². The number of anilines is 1. The zero-order valence-electron chi connectivity index (χ0n) is 17.4. The Hall–Kier alpha value is -2.61. The molecule has 2 aromatic rings. The van der Waals surface area contributed by atoms with E-state index in [0.717, 1.165) is 69.2 Å². The summed E-state index contributed by atoms with van der Waals surface area (Å²) < 4.78 is 5.98. The van der Waals surface area contributed by atoms with Crippen LogP contribution in [0.5, 0.6) is 0 Å². The third kappa shape index (κ3) is 4.70. The molecule has 156 valence electrons.